The summed E-state index contributed by atoms with van der Waals surface area (Å²) in [6.07, 6.45) is 7.25. The minimum absolute atomic E-state index is 0. The van der Waals surface area contributed by atoms with E-state index in [0.717, 1.165) is 63.1 Å². The Bertz CT molecular complexity index is 660. The highest BCUT2D eigenvalue weighted by Crippen LogP contribution is 2.29. The fraction of sp³-hybridized carbons (Fsp3) is 0.625. The summed E-state index contributed by atoms with van der Waals surface area (Å²) in [6.45, 7) is 4.77. The van der Waals surface area contributed by atoms with E-state index in [1.807, 2.05) is 6.20 Å². The van der Waals surface area contributed by atoms with Crippen molar-refractivity contribution in [3.63, 3.8) is 0 Å². The molecule has 2 saturated heterocycles. The highest BCUT2D eigenvalue weighted by Gasteiger charge is 2.29. The highest BCUT2D eigenvalue weighted by molar-refractivity contribution is 5.85. The summed E-state index contributed by atoms with van der Waals surface area (Å²) in [6, 6.07) is 0.205. The summed E-state index contributed by atoms with van der Waals surface area (Å²) < 4.78 is 5.58. The van der Waals surface area contributed by atoms with Crippen molar-refractivity contribution in [2.45, 2.75) is 24.8 Å². The van der Waals surface area contributed by atoms with Gasteiger partial charge in [-0.2, -0.15) is 4.98 Å². The molecule has 9 heteroatoms. The zero-order chi connectivity index (χ0) is 16.4. The Hall–Kier alpha value is -1.77. The average Bonchev–Trinajstić information content (AvgIpc) is 3.13. The Kier molecular flexibility index (Phi) is 5.82. The Balaban J connectivity index is 0.00000182. The van der Waals surface area contributed by atoms with Crippen molar-refractivity contribution in [3.8, 4) is 0 Å². The molecule has 0 saturated carbocycles. The van der Waals surface area contributed by atoms with Gasteiger partial charge in [-0.25, -0.2) is 4.98 Å². The van der Waals surface area contributed by atoms with E-state index < -0.39 is 0 Å². The number of aromatic nitrogens is 4. The van der Waals surface area contributed by atoms with Crippen molar-refractivity contribution < 1.29 is 4.52 Å². The summed E-state index contributed by atoms with van der Waals surface area (Å²) >= 11 is 0. The van der Waals surface area contributed by atoms with E-state index in [1.165, 1.54) is 0 Å². The molecule has 0 bridgehead atoms. The molecule has 2 aromatic heterocycles. The van der Waals surface area contributed by atoms with Crippen molar-refractivity contribution in [1.29, 1.82) is 0 Å². The summed E-state index contributed by atoms with van der Waals surface area (Å²) in [4.78, 5) is 17.8. The SMILES string of the molecule is CN1CCNCC1c1noc(C2CCN(c3cnccn3)CC2)n1.Cl. The third-order valence-electron chi connectivity index (χ3n) is 4.98. The molecule has 2 aliphatic heterocycles. The van der Waals surface area contributed by atoms with Crippen LogP contribution in [-0.4, -0.2) is 64.8 Å². The quantitative estimate of drug-likeness (QED) is 0.869. The lowest BCUT2D eigenvalue weighted by molar-refractivity contribution is 0.190. The van der Waals surface area contributed by atoms with Gasteiger partial charge < -0.3 is 14.7 Å². The second kappa shape index (κ2) is 8.07. The molecule has 1 N–H and O–H groups in total. The first-order valence-corrected chi connectivity index (χ1v) is 8.56. The standard InChI is InChI=1S/C16H23N7O.ClH/c1-22-9-6-18-10-13(22)15-20-16(24-21-15)12-2-7-23(8-3-12)14-11-17-4-5-19-14;/h4-5,11-13,18H,2-3,6-10H2,1H3;1H. The molecule has 0 aliphatic carbocycles. The molecule has 4 heterocycles. The van der Waals surface area contributed by atoms with Crippen LogP contribution in [0.15, 0.2) is 23.1 Å². The molecule has 1 unspecified atom stereocenters. The van der Waals surface area contributed by atoms with Gasteiger partial charge in [0.2, 0.25) is 5.89 Å². The van der Waals surface area contributed by atoms with E-state index in [0.29, 0.717) is 5.92 Å². The zero-order valence-electron chi connectivity index (χ0n) is 14.3. The molecule has 1 atom stereocenters. The Labute approximate surface area is 153 Å². The molecule has 4 rings (SSSR count). The van der Waals surface area contributed by atoms with Crippen LogP contribution in [-0.2, 0) is 0 Å². The van der Waals surface area contributed by atoms with Crippen molar-refractivity contribution in [3.05, 3.63) is 30.3 Å². The van der Waals surface area contributed by atoms with E-state index in [9.17, 15) is 0 Å². The predicted octanol–water partition coefficient (Wildman–Crippen LogP) is 1.24. The number of nitrogens with zero attached hydrogens (tertiary/aromatic N) is 6. The van der Waals surface area contributed by atoms with E-state index in [2.05, 4.69) is 37.3 Å². The number of rotatable bonds is 3. The third-order valence-corrected chi connectivity index (χ3v) is 4.98. The van der Waals surface area contributed by atoms with Crippen LogP contribution in [0.5, 0.6) is 0 Å². The maximum Gasteiger partial charge on any atom is 0.229 e. The molecule has 8 nitrogen and oxygen atoms in total. The van der Waals surface area contributed by atoms with Crippen molar-refractivity contribution in [2.75, 3.05) is 44.7 Å². The van der Waals surface area contributed by atoms with Crippen LogP contribution in [0.3, 0.4) is 0 Å². The maximum atomic E-state index is 5.58. The van der Waals surface area contributed by atoms with Gasteiger partial charge in [-0.15, -0.1) is 12.4 Å². The number of likely N-dealkylation sites (N-methyl/N-ethyl adjacent to an activating group) is 1. The molecule has 0 radical (unpaired) electrons. The predicted molar refractivity (Wildman–Crippen MR) is 96.0 cm³/mol. The van der Waals surface area contributed by atoms with Crippen LogP contribution in [0.2, 0.25) is 0 Å². The van der Waals surface area contributed by atoms with Gasteiger partial charge in [0.25, 0.3) is 0 Å². The van der Waals surface area contributed by atoms with Crippen LogP contribution in [0.4, 0.5) is 5.82 Å². The normalized spacial score (nSPS) is 22.6. The van der Waals surface area contributed by atoms with E-state index >= 15 is 0 Å². The molecule has 2 aromatic rings. The number of hydrogen-bond acceptors (Lipinski definition) is 8. The summed E-state index contributed by atoms with van der Waals surface area (Å²) in [5.41, 5.74) is 0. The molecule has 25 heavy (non-hydrogen) atoms. The van der Waals surface area contributed by atoms with Gasteiger partial charge in [-0.1, -0.05) is 5.16 Å². The number of nitrogens with one attached hydrogen (secondary N) is 1. The van der Waals surface area contributed by atoms with Crippen LogP contribution >= 0.6 is 12.4 Å². The number of hydrogen-bond donors (Lipinski definition) is 1. The minimum atomic E-state index is 0. The smallest absolute Gasteiger partial charge is 0.229 e. The maximum absolute atomic E-state index is 5.58. The third kappa shape index (κ3) is 3.91. The van der Waals surface area contributed by atoms with Crippen LogP contribution in [0.1, 0.15) is 36.5 Å². The van der Waals surface area contributed by atoms with Gasteiger partial charge >= 0.3 is 0 Å². The van der Waals surface area contributed by atoms with Gasteiger partial charge in [0.05, 0.1) is 12.2 Å². The van der Waals surface area contributed by atoms with Crippen LogP contribution < -0.4 is 10.2 Å². The summed E-state index contributed by atoms with van der Waals surface area (Å²) in [7, 11) is 2.11. The lowest BCUT2D eigenvalue weighted by Crippen LogP contribution is -2.44. The molecule has 2 fully saturated rings. The van der Waals surface area contributed by atoms with Gasteiger partial charge in [0.15, 0.2) is 5.82 Å². The van der Waals surface area contributed by atoms with Gasteiger partial charge in [0.1, 0.15) is 5.82 Å². The summed E-state index contributed by atoms with van der Waals surface area (Å²) in [5, 5.41) is 7.63. The van der Waals surface area contributed by atoms with Gasteiger partial charge in [-0.3, -0.25) is 9.88 Å². The fourth-order valence-corrected chi connectivity index (χ4v) is 3.45. The van der Waals surface area contributed by atoms with Crippen molar-refractivity contribution >= 4 is 18.2 Å². The zero-order valence-corrected chi connectivity index (χ0v) is 15.2. The van der Waals surface area contributed by atoms with Crippen LogP contribution in [0.25, 0.3) is 0 Å². The first-order valence-electron chi connectivity index (χ1n) is 8.56. The largest absolute Gasteiger partial charge is 0.355 e. The number of piperidine rings is 1. The molecular weight excluding hydrogens is 342 g/mol. The van der Waals surface area contributed by atoms with Crippen molar-refractivity contribution in [1.82, 2.24) is 30.3 Å². The lowest BCUT2D eigenvalue weighted by Gasteiger charge is -2.31. The molecular formula is C16H24ClN7O. The summed E-state index contributed by atoms with van der Waals surface area (Å²) in [5.74, 6) is 2.86. The van der Waals surface area contributed by atoms with E-state index in [4.69, 9.17) is 9.51 Å². The Morgan fingerprint density at radius 1 is 1.20 bits per heavy atom. The first-order chi connectivity index (χ1) is 11.8. The first kappa shape index (κ1) is 18.0. The highest BCUT2D eigenvalue weighted by atomic mass is 35.5. The van der Waals surface area contributed by atoms with Crippen LogP contribution in [0, 0.1) is 0 Å². The Morgan fingerprint density at radius 3 is 2.76 bits per heavy atom. The van der Waals surface area contributed by atoms with Crippen molar-refractivity contribution in [2.24, 2.45) is 0 Å². The Morgan fingerprint density at radius 2 is 2.04 bits per heavy atom. The van der Waals surface area contributed by atoms with E-state index in [1.54, 1.807) is 12.4 Å². The van der Waals surface area contributed by atoms with Gasteiger partial charge in [-0.05, 0) is 19.9 Å². The lowest BCUT2D eigenvalue weighted by atomic mass is 9.97. The molecule has 0 spiro atoms. The van der Waals surface area contributed by atoms with E-state index in [-0.39, 0.29) is 18.4 Å². The van der Waals surface area contributed by atoms with Gasteiger partial charge in [0, 0.05) is 51.0 Å². The average molecular weight is 366 g/mol. The minimum Gasteiger partial charge on any atom is -0.355 e. The monoisotopic (exact) mass is 365 g/mol. The molecule has 0 amide bonds. The number of halogens is 1. The topological polar surface area (TPSA) is 83.2 Å². The second-order valence-electron chi connectivity index (χ2n) is 6.52. The molecule has 2 aliphatic rings. The fourth-order valence-electron chi connectivity index (χ4n) is 3.45. The molecule has 0 aromatic carbocycles. The molecule has 136 valence electrons. The number of piperazine rings is 1. The second-order valence-corrected chi connectivity index (χ2v) is 6.52. The number of anilines is 1.